The Morgan fingerprint density at radius 1 is 1.12 bits per heavy atom. The molecular formula is C19H18N2O3S. The van der Waals surface area contributed by atoms with Gasteiger partial charge in [-0.2, -0.15) is 13.7 Å². The summed E-state index contributed by atoms with van der Waals surface area (Å²) in [6.07, 6.45) is 3.94. The van der Waals surface area contributed by atoms with E-state index in [0.29, 0.717) is 17.5 Å². The van der Waals surface area contributed by atoms with Crippen molar-refractivity contribution in [2.75, 3.05) is 0 Å². The standard InChI is InChI=1S/C19H18N2O3S/c1-13-5-8-19(25(22,23)24)15(9-13)3-2-4-16-12-21-18-7-6-14(11-20)10-17(16)18/h5-10,12,21H,2-4H2,1H3,(H,22,23,24). The van der Waals surface area contributed by atoms with Crippen LogP contribution < -0.4 is 0 Å². The van der Waals surface area contributed by atoms with E-state index in [4.69, 9.17) is 5.26 Å². The third-order valence-corrected chi connectivity index (χ3v) is 5.24. The van der Waals surface area contributed by atoms with Crippen molar-refractivity contribution in [1.82, 2.24) is 4.98 Å². The number of nitrogens with one attached hydrogen (secondary N) is 1. The zero-order chi connectivity index (χ0) is 18.0. The van der Waals surface area contributed by atoms with Crippen molar-refractivity contribution in [2.24, 2.45) is 0 Å². The normalized spacial score (nSPS) is 11.6. The van der Waals surface area contributed by atoms with Crippen LogP contribution in [0.5, 0.6) is 0 Å². The molecule has 0 radical (unpaired) electrons. The summed E-state index contributed by atoms with van der Waals surface area (Å²) >= 11 is 0. The fourth-order valence-electron chi connectivity index (χ4n) is 3.08. The Hall–Kier alpha value is -2.62. The van der Waals surface area contributed by atoms with Gasteiger partial charge in [0.1, 0.15) is 0 Å². The van der Waals surface area contributed by atoms with Crippen LogP contribution in [0.4, 0.5) is 0 Å². The van der Waals surface area contributed by atoms with E-state index in [9.17, 15) is 13.0 Å². The molecule has 0 atom stereocenters. The summed E-state index contributed by atoms with van der Waals surface area (Å²) in [6.45, 7) is 1.89. The van der Waals surface area contributed by atoms with Gasteiger partial charge in [-0.1, -0.05) is 17.7 Å². The Morgan fingerprint density at radius 2 is 1.88 bits per heavy atom. The highest BCUT2D eigenvalue weighted by atomic mass is 32.2. The predicted molar refractivity (Wildman–Crippen MR) is 96.0 cm³/mol. The summed E-state index contributed by atoms with van der Waals surface area (Å²) in [5.41, 5.74) is 4.25. The fraction of sp³-hybridized carbons (Fsp3) is 0.211. The smallest absolute Gasteiger partial charge is 0.294 e. The average Bonchev–Trinajstić information content (AvgIpc) is 2.96. The van der Waals surface area contributed by atoms with Crippen LogP contribution in [0.15, 0.2) is 47.5 Å². The molecule has 1 heterocycles. The van der Waals surface area contributed by atoms with Gasteiger partial charge in [0.2, 0.25) is 0 Å². The molecular weight excluding hydrogens is 336 g/mol. The van der Waals surface area contributed by atoms with Crippen LogP contribution in [-0.4, -0.2) is 18.0 Å². The quantitative estimate of drug-likeness (QED) is 0.682. The SMILES string of the molecule is Cc1ccc(S(=O)(=O)O)c(CCCc2c[nH]c3ccc(C#N)cc23)c1. The maximum absolute atomic E-state index is 11.5. The van der Waals surface area contributed by atoms with Crippen LogP contribution in [0, 0.1) is 18.3 Å². The Kier molecular flexibility index (Phi) is 4.62. The first kappa shape index (κ1) is 17.2. The number of nitrogens with zero attached hydrogens (tertiary/aromatic N) is 1. The first-order chi connectivity index (χ1) is 11.9. The van der Waals surface area contributed by atoms with Gasteiger partial charge in [-0.25, -0.2) is 0 Å². The second kappa shape index (κ2) is 6.71. The zero-order valence-electron chi connectivity index (χ0n) is 13.8. The van der Waals surface area contributed by atoms with Crippen molar-refractivity contribution in [2.45, 2.75) is 31.1 Å². The summed E-state index contributed by atoms with van der Waals surface area (Å²) in [7, 11) is -4.22. The molecule has 0 aliphatic carbocycles. The van der Waals surface area contributed by atoms with Gasteiger partial charge in [0, 0.05) is 17.1 Å². The lowest BCUT2D eigenvalue weighted by Crippen LogP contribution is -2.04. The van der Waals surface area contributed by atoms with E-state index in [1.807, 2.05) is 25.3 Å². The Bertz CT molecular complexity index is 1080. The number of hydrogen-bond acceptors (Lipinski definition) is 3. The fourth-order valence-corrected chi connectivity index (χ4v) is 3.81. The van der Waals surface area contributed by atoms with Gasteiger partial charge >= 0.3 is 0 Å². The third kappa shape index (κ3) is 3.73. The van der Waals surface area contributed by atoms with E-state index in [2.05, 4.69) is 11.1 Å². The predicted octanol–water partition coefficient (Wildman–Crippen LogP) is 3.77. The molecule has 2 N–H and O–H groups in total. The maximum Gasteiger partial charge on any atom is 0.294 e. The molecule has 0 aliphatic rings. The van der Waals surface area contributed by atoms with Crippen LogP contribution in [0.1, 0.15) is 28.7 Å². The number of aryl methyl sites for hydroxylation is 3. The minimum absolute atomic E-state index is 0.0243. The molecule has 6 heteroatoms. The number of aromatic amines is 1. The highest BCUT2D eigenvalue weighted by Gasteiger charge is 2.15. The number of aromatic nitrogens is 1. The van der Waals surface area contributed by atoms with Crippen LogP contribution in [0.2, 0.25) is 0 Å². The average molecular weight is 354 g/mol. The minimum atomic E-state index is -4.22. The van der Waals surface area contributed by atoms with Gasteiger partial charge in [-0.3, -0.25) is 4.55 Å². The van der Waals surface area contributed by atoms with Crippen LogP contribution >= 0.6 is 0 Å². The van der Waals surface area contributed by atoms with E-state index in [0.717, 1.165) is 34.9 Å². The highest BCUT2D eigenvalue weighted by Crippen LogP contribution is 2.23. The molecule has 5 nitrogen and oxygen atoms in total. The molecule has 0 aliphatic heterocycles. The Balaban J connectivity index is 1.80. The van der Waals surface area contributed by atoms with Crippen molar-refractivity contribution in [3.8, 4) is 6.07 Å². The van der Waals surface area contributed by atoms with E-state index < -0.39 is 10.1 Å². The first-order valence-corrected chi connectivity index (χ1v) is 9.39. The second-order valence-corrected chi connectivity index (χ2v) is 7.52. The Labute approximate surface area is 146 Å². The molecule has 3 rings (SSSR count). The molecule has 0 amide bonds. The number of benzene rings is 2. The lowest BCUT2D eigenvalue weighted by Gasteiger charge is -2.08. The molecule has 128 valence electrons. The molecule has 3 aromatic rings. The summed E-state index contributed by atoms with van der Waals surface area (Å²) in [6, 6.07) is 12.6. The number of nitriles is 1. The molecule has 0 saturated heterocycles. The first-order valence-electron chi connectivity index (χ1n) is 7.95. The summed E-state index contributed by atoms with van der Waals surface area (Å²) < 4.78 is 32.4. The molecule has 0 bridgehead atoms. The van der Waals surface area contributed by atoms with Crippen molar-refractivity contribution >= 4 is 21.0 Å². The summed E-state index contributed by atoms with van der Waals surface area (Å²) in [5.74, 6) is 0. The highest BCUT2D eigenvalue weighted by molar-refractivity contribution is 7.85. The van der Waals surface area contributed by atoms with Crippen molar-refractivity contribution in [3.63, 3.8) is 0 Å². The van der Waals surface area contributed by atoms with Gasteiger partial charge in [0.05, 0.1) is 16.5 Å². The molecule has 0 unspecified atom stereocenters. The van der Waals surface area contributed by atoms with E-state index in [1.165, 1.54) is 6.07 Å². The van der Waals surface area contributed by atoms with Gasteiger partial charge < -0.3 is 4.98 Å². The van der Waals surface area contributed by atoms with Crippen molar-refractivity contribution < 1.29 is 13.0 Å². The van der Waals surface area contributed by atoms with Crippen LogP contribution in [-0.2, 0) is 23.0 Å². The number of H-pyrrole nitrogens is 1. The van der Waals surface area contributed by atoms with E-state index >= 15 is 0 Å². The van der Waals surface area contributed by atoms with E-state index in [-0.39, 0.29) is 4.90 Å². The summed E-state index contributed by atoms with van der Waals surface area (Å²) in [5, 5.41) is 10.1. The molecule has 0 fully saturated rings. The number of fused-ring (bicyclic) bond motifs is 1. The molecule has 0 spiro atoms. The lowest BCUT2D eigenvalue weighted by atomic mass is 10.0. The van der Waals surface area contributed by atoms with Gasteiger partial charge in [-0.05, 0) is 61.6 Å². The Morgan fingerprint density at radius 3 is 2.60 bits per heavy atom. The largest absolute Gasteiger partial charge is 0.361 e. The van der Waals surface area contributed by atoms with Crippen LogP contribution in [0.3, 0.4) is 0 Å². The van der Waals surface area contributed by atoms with Crippen molar-refractivity contribution in [1.29, 1.82) is 5.26 Å². The van der Waals surface area contributed by atoms with Crippen LogP contribution in [0.25, 0.3) is 10.9 Å². The molecule has 1 aromatic heterocycles. The maximum atomic E-state index is 11.5. The van der Waals surface area contributed by atoms with Gasteiger partial charge in [0.15, 0.2) is 0 Å². The molecule has 2 aromatic carbocycles. The topological polar surface area (TPSA) is 93.9 Å². The second-order valence-electron chi connectivity index (χ2n) is 6.13. The monoisotopic (exact) mass is 354 g/mol. The van der Waals surface area contributed by atoms with E-state index in [1.54, 1.807) is 18.2 Å². The van der Waals surface area contributed by atoms with Gasteiger partial charge in [0.25, 0.3) is 10.1 Å². The summed E-state index contributed by atoms with van der Waals surface area (Å²) in [4.78, 5) is 3.16. The third-order valence-electron chi connectivity index (χ3n) is 4.28. The molecule has 0 saturated carbocycles. The van der Waals surface area contributed by atoms with Crippen molar-refractivity contribution in [3.05, 3.63) is 64.8 Å². The minimum Gasteiger partial charge on any atom is -0.361 e. The van der Waals surface area contributed by atoms with Gasteiger partial charge in [-0.15, -0.1) is 0 Å². The lowest BCUT2D eigenvalue weighted by molar-refractivity contribution is 0.482. The zero-order valence-corrected chi connectivity index (χ0v) is 14.6. The number of hydrogen-bond donors (Lipinski definition) is 2. The molecule has 25 heavy (non-hydrogen) atoms. The number of rotatable bonds is 5.